The van der Waals surface area contributed by atoms with Gasteiger partial charge in [0.1, 0.15) is 0 Å². The predicted molar refractivity (Wildman–Crippen MR) is 29.6 cm³/mol. The van der Waals surface area contributed by atoms with Crippen LogP contribution in [0.5, 0.6) is 0 Å². The summed E-state index contributed by atoms with van der Waals surface area (Å²) < 4.78 is 0. The van der Waals surface area contributed by atoms with Gasteiger partial charge in [-0.15, -0.1) is 0 Å². The van der Waals surface area contributed by atoms with E-state index in [9.17, 15) is 0 Å². The van der Waals surface area contributed by atoms with Crippen LogP contribution in [0.25, 0.3) is 0 Å². The van der Waals surface area contributed by atoms with Gasteiger partial charge < -0.3 is 0 Å². The molecular weight excluding hydrogens is 108 g/mol. The third kappa shape index (κ3) is 2.92. The first-order valence-electron chi connectivity index (χ1n) is 0.773. The molecule has 0 N–H and O–H groups in total. The molecule has 4 heavy (non-hydrogen) atoms. The minimum atomic E-state index is 0.998. The molecule has 0 aromatic heterocycles. The molecule has 3 heteroatoms. The summed E-state index contributed by atoms with van der Waals surface area (Å²) in [6.45, 7) is 0. The van der Waals surface area contributed by atoms with E-state index < -0.39 is 0 Å². The van der Waals surface area contributed by atoms with Crippen molar-refractivity contribution in [2.24, 2.45) is 0 Å². The van der Waals surface area contributed by atoms with Gasteiger partial charge in [-0.05, 0) is 17.4 Å². The summed E-state index contributed by atoms with van der Waals surface area (Å²) in [5.74, 6) is 0. The fraction of sp³-hybridized carbons (Fsp3) is 1.00. The third-order valence-corrected chi connectivity index (χ3v) is 2.01. The summed E-state index contributed by atoms with van der Waals surface area (Å²) in [5, 5.41) is 0. The number of rotatable bonds is 1. The Kier molecular flexibility index (Phi) is 4.82. The second-order valence-electron chi connectivity index (χ2n) is 0.257. The van der Waals surface area contributed by atoms with Crippen molar-refractivity contribution in [3.63, 3.8) is 0 Å². The van der Waals surface area contributed by atoms with Gasteiger partial charge in [0.15, 0.2) is 0 Å². The maximum Gasteiger partial charge on any atom is -0.00788 e. The lowest BCUT2D eigenvalue weighted by Crippen LogP contribution is -1.32. The highest BCUT2D eigenvalue weighted by atomic mass is 33.3. The van der Waals surface area contributed by atoms with Gasteiger partial charge in [-0.25, -0.2) is 0 Å². The molecule has 0 amide bonds. The van der Waals surface area contributed by atoms with Gasteiger partial charge in [0.25, 0.3) is 0 Å². The van der Waals surface area contributed by atoms with Crippen molar-refractivity contribution in [2.45, 2.75) is 0 Å². The highest BCUT2D eigenvalue weighted by Crippen LogP contribution is 1.80. The van der Waals surface area contributed by atoms with E-state index in [0.29, 0.717) is 0 Å². The molecule has 0 fully saturated rings. The molecule has 26 valence electrons. The Labute approximate surface area is 38.0 Å². The molecule has 0 bridgehead atoms. The lowest BCUT2D eigenvalue weighted by Gasteiger charge is -1.58. The monoisotopic (exact) mass is 112 g/mol. The van der Waals surface area contributed by atoms with Crippen LogP contribution in [-0.4, -0.2) is 6.26 Å². The Morgan fingerprint density at radius 3 is 2.25 bits per heavy atom. The first kappa shape index (κ1) is 4.92. The van der Waals surface area contributed by atoms with Crippen molar-refractivity contribution in [1.29, 1.82) is 0 Å². The Hall–Kier alpha value is 0.920. The van der Waals surface area contributed by atoms with Crippen molar-refractivity contribution >= 4 is 31.3 Å². The third-order valence-electron chi connectivity index (χ3n) is 0.0745. The second-order valence-corrected chi connectivity index (χ2v) is 3.66. The fourth-order valence-corrected chi connectivity index (χ4v) is 0. The zero-order chi connectivity index (χ0) is 3.41. The normalized spacial score (nSPS) is 7.25. The zero-order valence-electron chi connectivity index (χ0n) is 2.26. The number of hydrogen-bond acceptors (Lipinski definition) is 2. The SMILES string of the molecule is CS[SH]=S. The van der Waals surface area contributed by atoms with Crippen LogP contribution < -0.4 is 0 Å². The summed E-state index contributed by atoms with van der Waals surface area (Å²) in [5.41, 5.74) is 0. The van der Waals surface area contributed by atoms with Crippen molar-refractivity contribution in [2.75, 3.05) is 6.26 Å². The first-order valence-corrected chi connectivity index (χ1v) is 4.51. The van der Waals surface area contributed by atoms with Crippen molar-refractivity contribution in [3.05, 3.63) is 0 Å². The van der Waals surface area contributed by atoms with Crippen molar-refractivity contribution in [3.8, 4) is 0 Å². The second kappa shape index (κ2) is 3.92. The molecule has 0 atom stereocenters. The van der Waals surface area contributed by atoms with Crippen LogP contribution in [-0.2, 0) is 20.5 Å². The topological polar surface area (TPSA) is 0 Å². The predicted octanol–water partition coefficient (Wildman–Crippen LogP) is 0.541. The Balaban J connectivity index is 2.30. The molecule has 0 saturated carbocycles. The highest BCUT2D eigenvalue weighted by molar-refractivity contribution is 8.74. The lowest BCUT2D eigenvalue weighted by atomic mass is 12.0. The van der Waals surface area contributed by atoms with Gasteiger partial charge in [-0.1, -0.05) is 20.1 Å². The lowest BCUT2D eigenvalue weighted by molar-refractivity contribution is 2.55. The standard InChI is InChI=1S/CH4S3/c1-3-4-2/h4H,1H3. The molecule has 0 radical (unpaired) electrons. The maximum absolute atomic E-state index is 4.49. The van der Waals surface area contributed by atoms with Gasteiger partial charge in [0, 0.05) is 0 Å². The smallest absolute Gasteiger partial charge is 0.00788 e. The van der Waals surface area contributed by atoms with Crippen LogP contribution in [0.3, 0.4) is 0 Å². The van der Waals surface area contributed by atoms with E-state index in [4.69, 9.17) is 0 Å². The van der Waals surface area contributed by atoms with E-state index in [1.165, 1.54) is 0 Å². The minimum absolute atomic E-state index is 0.998. The molecule has 0 nitrogen and oxygen atoms in total. The summed E-state index contributed by atoms with van der Waals surface area (Å²) in [4.78, 5) is 0. The summed E-state index contributed by atoms with van der Waals surface area (Å²) in [7, 11) is 2.64. The van der Waals surface area contributed by atoms with E-state index in [-0.39, 0.29) is 0 Å². The number of thiol groups is 1. The molecule has 0 heterocycles. The minimum Gasteiger partial charge on any atom is -0.0964 e. The van der Waals surface area contributed by atoms with Gasteiger partial charge in [0.2, 0.25) is 0 Å². The molecule has 0 saturated heterocycles. The molecule has 0 unspecified atom stereocenters. The van der Waals surface area contributed by atoms with Gasteiger partial charge in [-0.2, -0.15) is 0 Å². The Bertz CT molecular complexity index is 17.2. The van der Waals surface area contributed by atoms with E-state index in [0.717, 1.165) is 9.35 Å². The molecule has 0 aliphatic rings. The first-order chi connectivity index (χ1) is 1.91. The van der Waals surface area contributed by atoms with Crippen molar-refractivity contribution in [1.82, 2.24) is 0 Å². The quantitative estimate of drug-likeness (QED) is 0.388. The molecular formula is CH4S3. The van der Waals surface area contributed by atoms with Gasteiger partial charge >= 0.3 is 0 Å². The van der Waals surface area contributed by atoms with E-state index in [1.807, 2.05) is 6.26 Å². The zero-order valence-corrected chi connectivity index (χ0v) is 4.79. The molecule has 0 aromatic carbocycles. The molecule has 0 aromatic rings. The summed E-state index contributed by atoms with van der Waals surface area (Å²) in [6, 6.07) is 0. The van der Waals surface area contributed by atoms with Crippen LogP contribution in [0, 0.1) is 0 Å². The average molecular weight is 112 g/mol. The largest absolute Gasteiger partial charge is 0.0964 e. The van der Waals surface area contributed by atoms with Crippen LogP contribution in [0.4, 0.5) is 0 Å². The summed E-state index contributed by atoms with van der Waals surface area (Å²) in [6.07, 6.45) is 1.98. The fourth-order valence-electron chi connectivity index (χ4n) is 0. The maximum atomic E-state index is 4.49. The van der Waals surface area contributed by atoms with Gasteiger partial charge in [0.05, 0.1) is 0 Å². The van der Waals surface area contributed by atoms with Crippen LogP contribution in [0.2, 0.25) is 0 Å². The molecule has 0 aliphatic heterocycles. The van der Waals surface area contributed by atoms with Gasteiger partial charge in [-0.3, -0.25) is 0 Å². The van der Waals surface area contributed by atoms with Crippen LogP contribution in [0.1, 0.15) is 0 Å². The van der Waals surface area contributed by atoms with Crippen LogP contribution >= 0.6 is 10.8 Å². The van der Waals surface area contributed by atoms with Crippen molar-refractivity contribution < 1.29 is 0 Å². The Morgan fingerprint density at radius 1 is 2.00 bits per heavy atom. The molecule has 0 spiro atoms. The molecule has 0 aliphatic carbocycles. The van der Waals surface area contributed by atoms with E-state index in [1.54, 1.807) is 10.8 Å². The van der Waals surface area contributed by atoms with E-state index >= 15 is 0 Å². The average Bonchev–Trinajstić information content (AvgIpc) is 1.37. The van der Waals surface area contributed by atoms with Crippen LogP contribution in [0.15, 0.2) is 0 Å². The molecule has 0 rings (SSSR count). The highest BCUT2D eigenvalue weighted by Gasteiger charge is 1.44. The number of hydrogen-bond donors (Lipinski definition) is 1. The summed E-state index contributed by atoms with van der Waals surface area (Å²) >= 11 is 4.49. The Morgan fingerprint density at radius 2 is 2.25 bits per heavy atom. The van der Waals surface area contributed by atoms with E-state index in [2.05, 4.69) is 11.2 Å².